The van der Waals surface area contributed by atoms with E-state index in [0.29, 0.717) is 22.4 Å². The molecule has 35 heavy (non-hydrogen) atoms. The van der Waals surface area contributed by atoms with E-state index in [1.54, 1.807) is 59.9 Å². The van der Waals surface area contributed by atoms with Crippen molar-refractivity contribution >= 4 is 28.5 Å². The average molecular weight is 488 g/mol. The summed E-state index contributed by atoms with van der Waals surface area (Å²) in [7, 11) is 0. The summed E-state index contributed by atoms with van der Waals surface area (Å²) in [5.41, 5.74) is 0.0426. The van der Waals surface area contributed by atoms with Crippen LogP contribution in [0.5, 0.6) is 0 Å². The van der Waals surface area contributed by atoms with Gasteiger partial charge in [0.2, 0.25) is 11.7 Å². The molecule has 1 aromatic heterocycles. The summed E-state index contributed by atoms with van der Waals surface area (Å²) in [5.74, 6) is -11.9. The molecule has 0 bridgehead atoms. The van der Waals surface area contributed by atoms with Gasteiger partial charge in [-0.1, -0.05) is 30.3 Å². The minimum absolute atomic E-state index is 0.163. The van der Waals surface area contributed by atoms with Crippen LogP contribution in [0.1, 0.15) is 16.2 Å². The number of nitrogens with zero attached hydrogens (tertiary/aromatic N) is 2. The normalized spacial score (nSPS) is 11.0. The number of hydrogen-bond acceptors (Lipinski definition) is 3. The minimum atomic E-state index is -2.32. The standard InChI is InChI=1S/C24H17F5N4O2/c25-18-19(26)21(28)23(22(29)20(18)27)32-17(34)12-33-15-9-5-4-8-14(15)31-16(33)10-11-30-24(35)13-6-2-1-3-7-13/h1-9H,10-12H2,(H,30,35)(H,32,34). The van der Waals surface area contributed by atoms with Crippen molar-refractivity contribution in [2.45, 2.75) is 13.0 Å². The topological polar surface area (TPSA) is 76.0 Å². The van der Waals surface area contributed by atoms with Crippen molar-refractivity contribution in [3.05, 3.63) is 95.1 Å². The van der Waals surface area contributed by atoms with Crippen molar-refractivity contribution in [3.8, 4) is 0 Å². The van der Waals surface area contributed by atoms with Gasteiger partial charge in [-0.25, -0.2) is 26.9 Å². The lowest BCUT2D eigenvalue weighted by Gasteiger charge is -2.12. The van der Waals surface area contributed by atoms with Gasteiger partial charge in [0.15, 0.2) is 23.3 Å². The van der Waals surface area contributed by atoms with Crippen LogP contribution in [0.25, 0.3) is 11.0 Å². The third kappa shape index (κ3) is 4.84. The van der Waals surface area contributed by atoms with Crippen molar-refractivity contribution < 1.29 is 31.5 Å². The number of benzene rings is 3. The molecule has 0 unspecified atom stereocenters. The van der Waals surface area contributed by atoms with Gasteiger partial charge in [0, 0.05) is 18.5 Å². The van der Waals surface area contributed by atoms with Crippen LogP contribution < -0.4 is 10.6 Å². The second kappa shape index (κ2) is 9.92. The number of halogens is 5. The van der Waals surface area contributed by atoms with Gasteiger partial charge in [-0.2, -0.15) is 0 Å². The van der Waals surface area contributed by atoms with Crippen molar-refractivity contribution in [1.29, 1.82) is 0 Å². The number of fused-ring (bicyclic) bond motifs is 1. The first-order chi connectivity index (χ1) is 16.8. The van der Waals surface area contributed by atoms with Crippen molar-refractivity contribution in [1.82, 2.24) is 14.9 Å². The SMILES string of the molecule is O=C(Cn1c(CCNC(=O)c2ccccc2)nc2ccccc21)Nc1c(F)c(F)c(F)c(F)c1F. The Kier molecular flexibility index (Phi) is 6.76. The summed E-state index contributed by atoms with van der Waals surface area (Å²) in [6, 6.07) is 15.2. The third-order valence-corrected chi connectivity index (χ3v) is 5.18. The van der Waals surface area contributed by atoms with Crippen LogP contribution in [-0.4, -0.2) is 27.9 Å². The minimum Gasteiger partial charge on any atom is -0.352 e. The van der Waals surface area contributed by atoms with Gasteiger partial charge >= 0.3 is 0 Å². The first-order valence-corrected chi connectivity index (χ1v) is 10.4. The summed E-state index contributed by atoms with van der Waals surface area (Å²) in [6.07, 6.45) is 0.197. The van der Waals surface area contributed by atoms with Crippen LogP contribution in [0.3, 0.4) is 0 Å². The average Bonchev–Trinajstić information content (AvgIpc) is 3.21. The summed E-state index contributed by atoms with van der Waals surface area (Å²) in [4.78, 5) is 29.2. The first kappa shape index (κ1) is 23.9. The van der Waals surface area contributed by atoms with Crippen LogP contribution >= 0.6 is 0 Å². The molecule has 0 fully saturated rings. The lowest BCUT2D eigenvalue weighted by atomic mass is 10.2. The molecule has 0 aliphatic heterocycles. The molecule has 0 spiro atoms. The highest BCUT2D eigenvalue weighted by atomic mass is 19.2. The van der Waals surface area contributed by atoms with E-state index in [4.69, 9.17) is 0 Å². The van der Waals surface area contributed by atoms with Crippen LogP contribution in [0, 0.1) is 29.1 Å². The Balaban J connectivity index is 1.54. The van der Waals surface area contributed by atoms with Crippen LogP contribution in [-0.2, 0) is 17.8 Å². The molecular weight excluding hydrogens is 471 g/mol. The van der Waals surface area contributed by atoms with Crippen LogP contribution in [0.2, 0.25) is 0 Å². The molecular formula is C24H17F5N4O2. The Bertz CT molecular complexity index is 1390. The van der Waals surface area contributed by atoms with E-state index in [1.807, 2.05) is 0 Å². The predicted molar refractivity (Wildman–Crippen MR) is 117 cm³/mol. The number of carbonyl (C=O) groups excluding carboxylic acids is 2. The molecule has 0 saturated carbocycles. The Morgan fingerprint density at radius 3 is 2.09 bits per heavy atom. The zero-order valence-corrected chi connectivity index (χ0v) is 17.9. The summed E-state index contributed by atoms with van der Waals surface area (Å²) >= 11 is 0. The maximum atomic E-state index is 14.0. The summed E-state index contributed by atoms with van der Waals surface area (Å²) in [6.45, 7) is -0.363. The van der Waals surface area contributed by atoms with Gasteiger partial charge in [-0.15, -0.1) is 0 Å². The molecule has 2 N–H and O–H groups in total. The number of amides is 2. The lowest BCUT2D eigenvalue weighted by molar-refractivity contribution is -0.116. The number of carbonyl (C=O) groups is 2. The van der Waals surface area contributed by atoms with Crippen molar-refractivity contribution in [3.63, 3.8) is 0 Å². The third-order valence-electron chi connectivity index (χ3n) is 5.18. The second-order valence-electron chi connectivity index (χ2n) is 7.47. The molecule has 0 aliphatic carbocycles. The van der Waals surface area contributed by atoms with Gasteiger partial charge in [-0.05, 0) is 24.3 Å². The van der Waals surface area contributed by atoms with Gasteiger partial charge in [0.25, 0.3) is 5.91 Å². The Morgan fingerprint density at radius 2 is 1.40 bits per heavy atom. The number of aromatic nitrogens is 2. The fraction of sp³-hybridized carbons (Fsp3) is 0.125. The highest BCUT2D eigenvalue weighted by Gasteiger charge is 2.27. The lowest BCUT2D eigenvalue weighted by Crippen LogP contribution is -2.27. The van der Waals surface area contributed by atoms with Gasteiger partial charge in [0.1, 0.15) is 18.1 Å². The predicted octanol–water partition coefficient (Wildman–Crippen LogP) is 4.34. The summed E-state index contributed by atoms with van der Waals surface area (Å²) < 4.78 is 69.6. The maximum absolute atomic E-state index is 14.0. The zero-order valence-electron chi connectivity index (χ0n) is 17.9. The monoisotopic (exact) mass is 488 g/mol. The van der Waals surface area contributed by atoms with E-state index >= 15 is 0 Å². The second-order valence-corrected chi connectivity index (χ2v) is 7.47. The number of para-hydroxylation sites is 2. The highest BCUT2D eigenvalue weighted by Crippen LogP contribution is 2.27. The van der Waals surface area contributed by atoms with E-state index in [2.05, 4.69) is 10.3 Å². The Labute approximate surface area is 195 Å². The van der Waals surface area contributed by atoms with Crippen LogP contribution in [0.4, 0.5) is 27.6 Å². The fourth-order valence-electron chi connectivity index (χ4n) is 3.51. The van der Waals surface area contributed by atoms with E-state index in [1.165, 1.54) is 4.57 Å². The largest absolute Gasteiger partial charge is 0.352 e. The molecule has 1 heterocycles. The van der Waals surface area contributed by atoms with Gasteiger partial charge in [-0.3, -0.25) is 9.59 Å². The number of nitrogens with one attached hydrogen (secondary N) is 2. The quantitative estimate of drug-likeness (QED) is 0.231. The van der Waals surface area contributed by atoms with E-state index in [0.717, 1.165) is 0 Å². The maximum Gasteiger partial charge on any atom is 0.251 e. The van der Waals surface area contributed by atoms with Crippen molar-refractivity contribution in [2.75, 3.05) is 11.9 Å². The van der Waals surface area contributed by atoms with E-state index in [-0.39, 0.29) is 18.9 Å². The van der Waals surface area contributed by atoms with Crippen molar-refractivity contribution in [2.24, 2.45) is 0 Å². The van der Waals surface area contributed by atoms with E-state index < -0.39 is 47.2 Å². The highest BCUT2D eigenvalue weighted by molar-refractivity contribution is 5.94. The fourth-order valence-corrected chi connectivity index (χ4v) is 3.51. The molecule has 0 aliphatic rings. The first-order valence-electron chi connectivity index (χ1n) is 10.4. The molecule has 0 atom stereocenters. The molecule has 0 radical (unpaired) electrons. The molecule has 4 rings (SSSR count). The summed E-state index contributed by atoms with van der Waals surface area (Å²) in [5, 5.41) is 4.49. The zero-order chi connectivity index (χ0) is 25.1. The molecule has 0 saturated heterocycles. The van der Waals surface area contributed by atoms with E-state index in [9.17, 15) is 31.5 Å². The number of imidazole rings is 1. The molecule has 3 aromatic carbocycles. The van der Waals surface area contributed by atoms with Gasteiger partial charge in [0.05, 0.1) is 11.0 Å². The Morgan fingerprint density at radius 1 is 0.800 bits per heavy atom. The molecule has 4 aromatic rings. The van der Waals surface area contributed by atoms with Crippen LogP contribution in [0.15, 0.2) is 54.6 Å². The molecule has 11 heteroatoms. The molecule has 6 nitrogen and oxygen atoms in total. The number of rotatable bonds is 7. The number of anilines is 1. The smallest absolute Gasteiger partial charge is 0.251 e. The Hall–Kier alpha value is -4.28. The van der Waals surface area contributed by atoms with Gasteiger partial charge < -0.3 is 15.2 Å². The molecule has 2 amide bonds. The molecule has 180 valence electrons. The number of hydrogen-bond donors (Lipinski definition) is 2.